The molecule has 2 heterocycles. The molecule has 2 aliphatic rings. The first-order chi connectivity index (χ1) is 11.6. The van der Waals surface area contributed by atoms with Crippen LogP contribution in [0.1, 0.15) is 40.0 Å². The van der Waals surface area contributed by atoms with Gasteiger partial charge in [0.1, 0.15) is 0 Å². The van der Waals surface area contributed by atoms with Crippen molar-refractivity contribution in [1.82, 2.24) is 4.90 Å². The van der Waals surface area contributed by atoms with Gasteiger partial charge in [-0.05, 0) is 57.3 Å². The molecular weight excluding hydrogens is 298 g/mol. The third-order valence-electron chi connectivity index (χ3n) is 5.37. The predicted molar refractivity (Wildman–Crippen MR) is 101 cm³/mol. The van der Waals surface area contributed by atoms with Gasteiger partial charge in [-0.15, -0.1) is 0 Å². The zero-order chi connectivity index (χ0) is 17.1. The maximum absolute atomic E-state index is 12.1. The topological polar surface area (TPSA) is 26.8 Å². The third kappa shape index (κ3) is 3.59. The highest BCUT2D eigenvalue weighted by molar-refractivity contribution is 5.97. The van der Waals surface area contributed by atoms with Crippen molar-refractivity contribution in [1.29, 1.82) is 0 Å². The quantitative estimate of drug-likeness (QED) is 0.847. The molecule has 1 unspecified atom stereocenters. The van der Waals surface area contributed by atoms with Crippen LogP contribution in [0, 0.1) is 5.92 Å². The SMILES string of the molecule is CCCN1CCCC(CN2C[C@H](C)N(C(C)=O)c3ccccc32)C1. The number of likely N-dealkylation sites (tertiary alicyclic amines) is 1. The molecule has 4 heteroatoms. The summed E-state index contributed by atoms with van der Waals surface area (Å²) < 4.78 is 0. The fraction of sp³-hybridized carbons (Fsp3) is 0.650. The minimum Gasteiger partial charge on any atom is -0.367 e. The van der Waals surface area contributed by atoms with Gasteiger partial charge in [-0.25, -0.2) is 0 Å². The van der Waals surface area contributed by atoms with Gasteiger partial charge in [-0.3, -0.25) is 4.79 Å². The summed E-state index contributed by atoms with van der Waals surface area (Å²) in [6, 6.07) is 8.61. The molecule has 3 rings (SSSR count). The van der Waals surface area contributed by atoms with Crippen LogP contribution in [0.4, 0.5) is 11.4 Å². The number of nitrogens with zero attached hydrogens (tertiary/aromatic N) is 3. The number of rotatable bonds is 4. The summed E-state index contributed by atoms with van der Waals surface area (Å²) in [4.78, 5) is 19.2. The van der Waals surface area contributed by atoms with Gasteiger partial charge < -0.3 is 14.7 Å². The van der Waals surface area contributed by atoms with E-state index in [0.717, 1.165) is 24.7 Å². The van der Waals surface area contributed by atoms with Crippen molar-refractivity contribution < 1.29 is 4.79 Å². The van der Waals surface area contributed by atoms with E-state index in [2.05, 4.69) is 41.8 Å². The molecule has 1 saturated heterocycles. The highest BCUT2D eigenvalue weighted by atomic mass is 16.2. The van der Waals surface area contributed by atoms with Gasteiger partial charge in [0, 0.05) is 26.6 Å². The van der Waals surface area contributed by atoms with Crippen molar-refractivity contribution in [3.63, 3.8) is 0 Å². The lowest BCUT2D eigenvalue weighted by molar-refractivity contribution is -0.117. The second-order valence-electron chi connectivity index (χ2n) is 7.44. The van der Waals surface area contributed by atoms with Gasteiger partial charge in [-0.1, -0.05) is 19.1 Å². The molecule has 1 aromatic rings. The molecule has 0 bridgehead atoms. The van der Waals surface area contributed by atoms with Crippen LogP contribution in [0.15, 0.2) is 24.3 Å². The van der Waals surface area contributed by atoms with Crippen molar-refractivity contribution in [2.24, 2.45) is 5.92 Å². The molecule has 0 N–H and O–H groups in total. The summed E-state index contributed by atoms with van der Waals surface area (Å²) >= 11 is 0. The third-order valence-corrected chi connectivity index (χ3v) is 5.37. The van der Waals surface area contributed by atoms with E-state index >= 15 is 0 Å². The van der Waals surface area contributed by atoms with E-state index in [1.807, 2.05) is 11.0 Å². The highest BCUT2D eigenvalue weighted by Crippen LogP contribution is 2.36. The van der Waals surface area contributed by atoms with Crippen molar-refractivity contribution in [2.75, 3.05) is 42.5 Å². The molecular formula is C20H31N3O. The van der Waals surface area contributed by atoms with Crippen LogP contribution in [0.5, 0.6) is 0 Å². The number of benzene rings is 1. The fourth-order valence-corrected chi connectivity index (χ4v) is 4.46. The molecule has 1 amide bonds. The Labute approximate surface area is 146 Å². The second-order valence-corrected chi connectivity index (χ2v) is 7.44. The van der Waals surface area contributed by atoms with Gasteiger partial charge in [0.2, 0.25) is 5.91 Å². The molecule has 0 aliphatic carbocycles. The minimum atomic E-state index is 0.140. The van der Waals surface area contributed by atoms with Crippen LogP contribution in [-0.2, 0) is 4.79 Å². The maximum atomic E-state index is 12.1. The van der Waals surface area contributed by atoms with Crippen LogP contribution in [0.2, 0.25) is 0 Å². The largest absolute Gasteiger partial charge is 0.367 e. The van der Waals surface area contributed by atoms with Crippen LogP contribution in [-0.4, -0.2) is 49.6 Å². The Balaban J connectivity index is 1.76. The Morgan fingerprint density at radius 2 is 1.96 bits per heavy atom. The van der Waals surface area contributed by atoms with E-state index in [-0.39, 0.29) is 11.9 Å². The summed E-state index contributed by atoms with van der Waals surface area (Å²) in [7, 11) is 0. The first-order valence-electron chi connectivity index (χ1n) is 9.46. The molecule has 24 heavy (non-hydrogen) atoms. The zero-order valence-electron chi connectivity index (χ0n) is 15.4. The average molecular weight is 329 g/mol. The van der Waals surface area contributed by atoms with E-state index in [9.17, 15) is 4.79 Å². The molecule has 0 saturated carbocycles. The highest BCUT2D eigenvalue weighted by Gasteiger charge is 2.32. The summed E-state index contributed by atoms with van der Waals surface area (Å²) in [5.41, 5.74) is 2.29. The number of fused-ring (bicyclic) bond motifs is 1. The van der Waals surface area contributed by atoms with Crippen molar-refractivity contribution in [3.05, 3.63) is 24.3 Å². The van der Waals surface area contributed by atoms with E-state index in [0.29, 0.717) is 0 Å². The molecule has 1 aromatic carbocycles. The van der Waals surface area contributed by atoms with E-state index < -0.39 is 0 Å². The molecule has 4 nitrogen and oxygen atoms in total. The normalized spacial score (nSPS) is 24.8. The van der Waals surface area contributed by atoms with Crippen molar-refractivity contribution in [2.45, 2.75) is 46.1 Å². The van der Waals surface area contributed by atoms with Crippen molar-refractivity contribution >= 4 is 17.3 Å². The Bertz CT molecular complexity index is 572. The lowest BCUT2D eigenvalue weighted by Gasteiger charge is -2.44. The van der Waals surface area contributed by atoms with Crippen molar-refractivity contribution in [3.8, 4) is 0 Å². The van der Waals surface area contributed by atoms with Crippen LogP contribution < -0.4 is 9.80 Å². The summed E-state index contributed by atoms with van der Waals surface area (Å²) in [6.07, 6.45) is 3.88. The molecule has 2 aliphatic heterocycles. The fourth-order valence-electron chi connectivity index (χ4n) is 4.46. The molecule has 0 aromatic heterocycles. The lowest BCUT2D eigenvalue weighted by atomic mass is 9.96. The Morgan fingerprint density at radius 3 is 2.67 bits per heavy atom. The number of piperidine rings is 1. The number of para-hydroxylation sites is 2. The van der Waals surface area contributed by atoms with Crippen LogP contribution in [0.25, 0.3) is 0 Å². The lowest BCUT2D eigenvalue weighted by Crippen LogP contribution is -2.51. The molecule has 0 radical (unpaired) electrons. The first kappa shape index (κ1) is 17.3. The molecule has 2 atom stereocenters. The molecule has 132 valence electrons. The number of carbonyl (C=O) groups is 1. The number of hydrogen-bond donors (Lipinski definition) is 0. The maximum Gasteiger partial charge on any atom is 0.224 e. The van der Waals surface area contributed by atoms with E-state index in [4.69, 9.17) is 0 Å². The standard InChI is InChI=1S/C20H31N3O/c1-4-11-21-12-7-8-18(14-21)15-22-13-16(2)23(17(3)24)20-10-6-5-9-19(20)22/h5-6,9-10,16,18H,4,7-8,11-15H2,1-3H3/t16-,18?/m0/s1. The van der Waals surface area contributed by atoms with Gasteiger partial charge in [0.25, 0.3) is 0 Å². The number of amides is 1. The summed E-state index contributed by atoms with van der Waals surface area (Å²) in [5, 5.41) is 0. The smallest absolute Gasteiger partial charge is 0.224 e. The minimum absolute atomic E-state index is 0.140. The monoisotopic (exact) mass is 329 g/mol. The summed E-state index contributed by atoms with van der Waals surface area (Å²) in [5.74, 6) is 0.871. The number of anilines is 2. The van der Waals surface area contributed by atoms with Gasteiger partial charge in [0.05, 0.1) is 17.4 Å². The first-order valence-corrected chi connectivity index (χ1v) is 9.46. The van der Waals surface area contributed by atoms with E-state index in [1.165, 1.54) is 44.6 Å². The van der Waals surface area contributed by atoms with Gasteiger partial charge in [-0.2, -0.15) is 0 Å². The van der Waals surface area contributed by atoms with Crippen LogP contribution >= 0.6 is 0 Å². The molecule has 0 spiro atoms. The average Bonchev–Trinajstić information content (AvgIpc) is 2.55. The summed E-state index contributed by atoms with van der Waals surface area (Å²) in [6.45, 7) is 11.8. The Hall–Kier alpha value is -1.55. The van der Waals surface area contributed by atoms with Gasteiger partial charge in [0.15, 0.2) is 0 Å². The van der Waals surface area contributed by atoms with E-state index in [1.54, 1.807) is 6.92 Å². The Kier molecular flexibility index (Phi) is 5.44. The molecule has 1 fully saturated rings. The predicted octanol–water partition coefficient (Wildman–Crippen LogP) is 3.37. The number of hydrogen-bond acceptors (Lipinski definition) is 3. The second kappa shape index (κ2) is 7.56. The number of carbonyl (C=O) groups excluding carboxylic acids is 1. The van der Waals surface area contributed by atoms with Crippen LogP contribution in [0.3, 0.4) is 0 Å². The van der Waals surface area contributed by atoms with Gasteiger partial charge >= 0.3 is 0 Å². The Morgan fingerprint density at radius 1 is 1.21 bits per heavy atom. The zero-order valence-corrected chi connectivity index (χ0v) is 15.4.